The molecule has 1 aromatic carbocycles. The quantitative estimate of drug-likeness (QED) is 0.836. The molecule has 1 aromatic rings. The van der Waals surface area contributed by atoms with Gasteiger partial charge in [0.25, 0.3) is 0 Å². The van der Waals surface area contributed by atoms with Crippen molar-refractivity contribution in [2.45, 2.75) is 38.8 Å². The summed E-state index contributed by atoms with van der Waals surface area (Å²) in [7, 11) is 1.66. The lowest BCUT2D eigenvalue weighted by Crippen LogP contribution is -2.44. The van der Waals surface area contributed by atoms with Gasteiger partial charge in [0, 0.05) is 13.1 Å². The van der Waals surface area contributed by atoms with Gasteiger partial charge in [-0.2, -0.15) is 0 Å². The highest BCUT2D eigenvalue weighted by Gasteiger charge is 2.29. The van der Waals surface area contributed by atoms with Crippen LogP contribution < -0.4 is 10.1 Å². The maximum atomic E-state index is 12.5. The Morgan fingerprint density at radius 3 is 2.95 bits per heavy atom. The van der Waals surface area contributed by atoms with Gasteiger partial charge < -0.3 is 20.1 Å². The number of ether oxygens (including phenoxy) is 1. The highest BCUT2D eigenvalue weighted by Crippen LogP contribution is 2.34. The largest absolute Gasteiger partial charge is 0.497 e. The van der Waals surface area contributed by atoms with Crippen LogP contribution in [0.15, 0.2) is 18.2 Å². The molecule has 0 saturated carbocycles. The van der Waals surface area contributed by atoms with Gasteiger partial charge >= 0.3 is 0 Å². The Labute approximate surface area is 132 Å². The molecule has 1 aliphatic heterocycles. The van der Waals surface area contributed by atoms with Gasteiger partial charge in [-0.3, -0.25) is 4.79 Å². The Hall–Kier alpha value is -1.59. The number of nitrogens with zero attached hydrogens (tertiary/aromatic N) is 1. The molecule has 0 saturated heterocycles. The van der Waals surface area contributed by atoms with Gasteiger partial charge in [-0.15, -0.1) is 0 Å². The molecular formula is C17H26N2O3. The summed E-state index contributed by atoms with van der Waals surface area (Å²) in [5, 5.41) is 12.3. The normalized spacial score (nSPS) is 18.7. The van der Waals surface area contributed by atoms with Crippen molar-refractivity contribution in [3.05, 3.63) is 29.3 Å². The van der Waals surface area contributed by atoms with E-state index in [4.69, 9.17) is 4.74 Å². The van der Waals surface area contributed by atoms with Crippen molar-refractivity contribution in [2.75, 3.05) is 26.7 Å². The summed E-state index contributed by atoms with van der Waals surface area (Å²) in [5.41, 5.74) is 2.49. The van der Waals surface area contributed by atoms with Crippen LogP contribution in [0.3, 0.4) is 0 Å². The summed E-state index contributed by atoms with van der Waals surface area (Å²) < 4.78 is 5.32. The maximum Gasteiger partial charge on any atom is 0.237 e. The van der Waals surface area contributed by atoms with Crippen molar-refractivity contribution in [2.24, 2.45) is 0 Å². The SMILES string of the molecule is CCC1c2cc(OC)ccc2CCN1C(=O)CNC[C@@H](C)O. The minimum atomic E-state index is -0.443. The van der Waals surface area contributed by atoms with Crippen LogP contribution in [-0.2, 0) is 11.2 Å². The molecule has 0 fully saturated rings. The Kier molecular flexibility index (Phi) is 5.80. The molecule has 1 heterocycles. The van der Waals surface area contributed by atoms with Gasteiger partial charge in [-0.25, -0.2) is 0 Å². The van der Waals surface area contributed by atoms with Crippen molar-refractivity contribution in [3.63, 3.8) is 0 Å². The summed E-state index contributed by atoms with van der Waals surface area (Å²) in [4.78, 5) is 14.4. The lowest BCUT2D eigenvalue weighted by atomic mass is 9.90. The molecule has 0 aliphatic carbocycles. The molecule has 1 amide bonds. The van der Waals surface area contributed by atoms with E-state index in [2.05, 4.69) is 18.3 Å². The fraction of sp³-hybridized carbons (Fsp3) is 0.588. The zero-order valence-electron chi connectivity index (χ0n) is 13.6. The van der Waals surface area contributed by atoms with Crippen LogP contribution in [0.25, 0.3) is 0 Å². The van der Waals surface area contributed by atoms with Gasteiger partial charge in [-0.1, -0.05) is 13.0 Å². The average molecular weight is 306 g/mol. The van der Waals surface area contributed by atoms with Gasteiger partial charge in [0.1, 0.15) is 5.75 Å². The molecule has 5 nitrogen and oxygen atoms in total. The molecule has 2 N–H and O–H groups in total. The van der Waals surface area contributed by atoms with Crippen molar-refractivity contribution >= 4 is 5.91 Å². The molecule has 1 unspecified atom stereocenters. The third kappa shape index (κ3) is 3.78. The molecular weight excluding hydrogens is 280 g/mol. The van der Waals surface area contributed by atoms with E-state index in [1.54, 1.807) is 14.0 Å². The number of amides is 1. The Balaban J connectivity index is 2.11. The zero-order valence-corrected chi connectivity index (χ0v) is 13.6. The first-order valence-corrected chi connectivity index (χ1v) is 7.91. The highest BCUT2D eigenvalue weighted by molar-refractivity contribution is 5.79. The van der Waals surface area contributed by atoms with Gasteiger partial charge in [-0.05, 0) is 43.0 Å². The summed E-state index contributed by atoms with van der Waals surface area (Å²) in [6.45, 7) is 5.24. The number of fused-ring (bicyclic) bond motifs is 1. The second kappa shape index (κ2) is 7.61. The predicted octanol–water partition coefficient (Wildman–Crippen LogP) is 1.50. The van der Waals surface area contributed by atoms with Crippen LogP contribution in [0, 0.1) is 0 Å². The third-order valence-corrected chi connectivity index (χ3v) is 4.13. The molecule has 5 heteroatoms. The third-order valence-electron chi connectivity index (χ3n) is 4.13. The first kappa shape index (κ1) is 16.8. The Morgan fingerprint density at radius 1 is 1.55 bits per heavy atom. The minimum Gasteiger partial charge on any atom is -0.497 e. The molecule has 22 heavy (non-hydrogen) atoms. The van der Waals surface area contributed by atoms with E-state index in [-0.39, 0.29) is 18.5 Å². The van der Waals surface area contributed by atoms with Gasteiger partial charge in [0.05, 0.1) is 25.8 Å². The van der Waals surface area contributed by atoms with E-state index >= 15 is 0 Å². The molecule has 122 valence electrons. The van der Waals surface area contributed by atoms with Crippen molar-refractivity contribution in [3.8, 4) is 5.75 Å². The number of benzene rings is 1. The van der Waals surface area contributed by atoms with Crippen molar-refractivity contribution in [1.29, 1.82) is 0 Å². The number of carbonyl (C=O) groups excluding carboxylic acids is 1. The van der Waals surface area contributed by atoms with Crippen LogP contribution in [0.5, 0.6) is 5.75 Å². The monoisotopic (exact) mass is 306 g/mol. The van der Waals surface area contributed by atoms with Crippen LogP contribution in [0.4, 0.5) is 0 Å². The number of hydrogen-bond acceptors (Lipinski definition) is 4. The van der Waals surface area contributed by atoms with E-state index in [0.717, 1.165) is 25.1 Å². The van der Waals surface area contributed by atoms with Crippen molar-refractivity contribution in [1.82, 2.24) is 10.2 Å². The van der Waals surface area contributed by atoms with Gasteiger partial charge in [0.2, 0.25) is 5.91 Å². The fourth-order valence-electron chi connectivity index (χ4n) is 3.03. The standard InChI is InChI=1S/C17H26N2O3/c1-4-16-15-9-14(22-3)6-5-13(15)7-8-19(16)17(21)11-18-10-12(2)20/h5-6,9,12,16,18,20H,4,7-8,10-11H2,1-3H3/t12-,16?/m1/s1. The second-order valence-corrected chi connectivity index (χ2v) is 5.81. The number of rotatable bonds is 6. The number of aliphatic hydroxyl groups is 1. The minimum absolute atomic E-state index is 0.0842. The molecule has 1 aliphatic rings. The summed E-state index contributed by atoms with van der Waals surface area (Å²) in [6, 6.07) is 6.23. The fourth-order valence-corrected chi connectivity index (χ4v) is 3.03. The lowest BCUT2D eigenvalue weighted by Gasteiger charge is -2.37. The number of hydrogen-bond donors (Lipinski definition) is 2. The van der Waals surface area contributed by atoms with Crippen LogP contribution in [0.2, 0.25) is 0 Å². The molecule has 0 spiro atoms. The van der Waals surface area contributed by atoms with Gasteiger partial charge in [0.15, 0.2) is 0 Å². The zero-order chi connectivity index (χ0) is 16.1. The van der Waals surface area contributed by atoms with E-state index in [1.165, 1.54) is 11.1 Å². The summed E-state index contributed by atoms with van der Waals surface area (Å²) in [5.74, 6) is 0.916. The van der Waals surface area contributed by atoms with Crippen LogP contribution in [-0.4, -0.2) is 48.8 Å². The predicted molar refractivity (Wildman–Crippen MR) is 86.0 cm³/mol. The van der Waals surface area contributed by atoms with E-state index in [0.29, 0.717) is 6.54 Å². The van der Waals surface area contributed by atoms with E-state index in [1.807, 2.05) is 17.0 Å². The average Bonchev–Trinajstić information content (AvgIpc) is 2.52. The van der Waals surface area contributed by atoms with E-state index in [9.17, 15) is 9.90 Å². The smallest absolute Gasteiger partial charge is 0.237 e. The number of nitrogens with one attached hydrogen (secondary N) is 1. The van der Waals surface area contributed by atoms with Crippen LogP contribution >= 0.6 is 0 Å². The molecule has 2 atom stereocenters. The van der Waals surface area contributed by atoms with Crippen molar-refractivity contribution < 1.29 is 14.6 Å². The first-order valence-electron chi connectivity index (χ1n) is 7.91. The summed E-state index contributed by atoms with van der Waals surface area (Å²) >= 11 is 0. The highest BCUT2D eigenvalue weighted by atomic mass is 16.5. The topological polar surface area (TPSA) is 61.8 Å². The number of carbonyl (C=O) groups is 1. The lowest BCUT2D eigenvalue weighted by molar-refractivity contribution is -0.133. The number of methoxy groups -OCH3 is 1. The Bertz CT molecular complexity index is 517. The summed E-state index contributed by atoms with van der Waals surface area (Å²) in [6.07, 6.45) is 1.31. The molecule has 0 radical (unpaired) electrons. The molecule has 0 aromatic heterocycles. The van der Waals surface area contributed by atoms with E-state index < -0.39 is 6.10 Å². The maximum absolute atomic E-state index is 12.5. The second-order valence-electron chi connectivity index (χ2n) is 5.81. The van der Waals surface area contributed by atoms with Crippen LogP contribution in [0.1, 0.15) is 37.4 Å². The first-order chi connectivity index (χ1) is 10.6. The molecule has 2 rings (SSSR count). The number of aliphatic hydroxyl groups excluding tert-OH is 1. The molecule has 0 bridgehead atoms. The Morgan fingerprint density at radius 2 is 2.32 bits per heavy atom.